The van der Waals surface area contributed by atoms with E-state index in [-0.39, 0.29) is 0 Å². The molecule has 0 aliphatic heterocycles. The normalized spacial score (nSPS) is 7.79. The molecule has 14 heavy (non-hydrogen) atoms. The zero-order valence-electron chi connectivity index (χ0n) is 9.75. The number of phenols is 1. The Morgan fingerprint density at radius 3 is 1.79 bits per heavy atom. The number of hydrogen-bond donors (Lipinski definition) is 2. The van der Waals surface area contributed by atoms with Crippen molar-refractivity contribution in [2.24, 2.45) is 5.73 Å². The summed E-state index contributed by atoms with van der Waals surface area (Å²) in [5.74, 6) is 0.306. The van der Waals surface area contributed by atoms with Gasteiger partial charge < -0.3 is 10.8 Å². The van der Waals surface area contributed by atoms with Gasteiger partial charge >= 0.3 is 0 Å². The van der Waals surface area contributed by atoms with Gasteiger partial charge in [0.25, 0.3) is 0 Å². The maximum absolute atomic E-state index is 8.89. The van der Waals surface area contributed by atoms with E-state index in [1.165, 1.54) is 5.56 Å². The summed E-state index contributed by atoms with van der Waals surface area (Å²) in [4.78, 5) is 0. The summed E-state index contributed by atoms with van der Waals surface area (Å²) < 4.78 is 0. The molecule has 82 valence electrons. The fourth-order valence-corrected chi connectivity index (χ4v) is 0.829. The topological polar surface area (TPSA) is 46.2 Å². The molecule has 0 unspecified atom stereocenters. The Hall–Kier alpha value is -1.02. The van der Waals surface area contributed by atoms with Crippen LogP contribution in [0.2, 0.25) is 0 Å². The fraction of sp³-hybridized carbons (Fsp3) is 0.500. The second kappa shape index (κ2) is 12.0. The van der Waals surface area contributed by atoms with Gasteiger partial charge in [-0.3, -0.25) is 0 Å². The second-order valence-electron chi connectivity index (χ2n) is 2.21. The van der Waals surface area contributed by atoms with E-state index in [0.29, 0.717) is 12.3 Å². The van der Waals surface area contributed by atoms with E-state index in [2.05, 4.69) is 0 Å². The molecule has 1 aromatic rings. The molecule has 3 N–H and O–H groups in total. The molecule has 0 radical (unpaired) electrons. The zero-order valence-corrected chi connectivity index (χ0v) is 9.75. The molecule has 2 nitrogen and oxygen atoms in total. The minimum atomic E-state index is 0.306. The summed E-state index contributed by atoms with van der Waals surface area (Å²) >= 11 is 0. The van der Waals surface area contributed by atoms with Crippen molar-refractivity contribution in [3.63, 3.8) is 0 Å². The van der Waals surface area contributed by atoms with E-state index in [1.807, 2.05) is 39.8 Å². The zero-order chi connectivity index (χ0) is 11.4. The molecule has 0 aliphatic rings. The van der Waals surface area contributed by atoms with Gasteiger partial charge in [-0.2, -0.15) is 0 Å². The van der Waals surface area contributed by atoms with Crippen molar-refractivity contribution in [3.8, 4) is 5.75 Å². The predicted molar refractivity (Wildman–Crippen MR) is 63.6 cm³/mol. The monoisotopic (exact) mass is 197 g/mol. The van der Waals surface area contributed by atoms with Crippen molar-refractivity contribution in [1.82, 2.24) is 0 Å². The maximum Gasteiger partial charge on any atom is 0.115 e. The number of hydrogen-bond acceptors (Lipinski definition) is 2. The molecule has 0 heterocycles. The molecule has 2 heteroatoms. The third kappa shape index (κ3) is 7.62. The van der Waals surface area contributed by atoms with Crippen molar-refractivity contribution in [2.75, 3.05) is 6.54 Å². The van der Waals surface area contributed by atoms with E-state index in [4.69, 9.17) is 10.8 Å². The molecule has 0 spiro atoms. The highest BCUT2D eigenvalue weighted by atomic mass is 16.3. The Morgan fingerprint density at radius 1 is 1.00 bits per heavy atom. The Labute approximate surface area is 87.8 Å². The van der Waals surface area contributed by atoms with Gasteiger partial charge in [-0.1, -0.05) is 39.8 Å². The number of rotatable bonds is 2. The van der Waals surface area contributed by atoms with Crippen LogP contribution in [0.25, 0.3) is 0 Å². The largest absolute Gasteiger partial charge is 0.508 e. The third-order valence-corrected chi connectivity index (χ3v) is 1.37. The first kappa shape index (κ1) is 15.5. The first-order chi connectivity index (χ1) is 6.83. The van der Waals surface area contributed by atoms with E-state index in [9.17, 15) is 0 Å². The van der Waals surface area contributed by atoms with Crippen LogP contribution in [-0.2, 0) is 6.42 Å². The Bertz CT molecular complexity index is 194. The smallest absolute Gasteiger partial charge is 0.115 e. The van der Waals surface area contributed by atoms with E-state index in [0.717, 1.165) is 6.42 Å². The first-order valence-corrected chi connectivity index (χ1v) is 5.31. The lowest BCUT2D eigenvalue weighted by molar-refractivity contribution is 0.475. The summed E-state index contributed by atoms with van der Waals surface area (Å²) in [6.45, 7) is 8.66. The van der Waals surface area contributed by atoms with Crippen molar-refractivity contribution < 1.29 is 5.11 Å². The van der Waals surface area contributed by atoms with Crippen LogP contribution >= 0.6 is 0 Å². The average molecular weight is 197 g/mol. The van der Waals surface area contributed by atoms with Crippen molar-refractivity contribution >= 4 is 0 Å². The van der Waals surface area contributed by atoms with E-state index < -0.39 is 0 Å². The summed E-state index contributed by atoms with van der Waals surface area (Å²) in [5, 5.41) is 8.89. The second-order valence-corrected chi connectivity index (χ2v) is 2.21. The number of phenolic OH excluding ortho intramolecular Hbond substituents is 1. The molecular weight excluding hydrogens is 174 g/mol. The molecule has 0 aromatic heterocycles. The molecule has 1 aromatic carbocycles. The molecule has 0 amide bonds. The van der Waals surface area contributed by atoms with Crippen LogP contribution in [0.4, 0.5) is 0 Å². The number of benzene rings is 1. The predicted octanol–water partition coefficient (Wildman–Crippen LogP) is 2.95. The summed E-state index contributed by atoms with van der Waals surface area (Å²) in [6, 6.07) is 7.10. The highest BCUT2D eigenvalue weighted by molar-refractivity contribution is 5.25. The van der Waals surface area contributed by atoms with Crippen LogP contribution in [0.15, 0.2) is 24.3 Å². The number of aromatic hydroxyl groups is 1. The molecule has 0 bridgehead atoms. The Morgan fingerprint density at radius 2 is 1.43 bits per heavy atom. The summed E-state index contributed by atoms with van der Waals surface area (Å²) in [5.41, 5.74) is 6.50. The van der Waals surface area contributed by atoms with Gasteiger partial charge in [0.05, 0.1) is 0 Å². The van der Waals surface area contributed by atoms with Crippen molar-refractivity contribution in [3.05, 3.63) is 29.8 Å². The molecule has 0 fully saturated rings. The molecule has 0 aliphatic carbocycles. The van der Waals surface area contributed by atoms with Crippen LogP contribution in [0.5, 0.6) is 5.75 Å². The lowest BCUT2D eigenvalue weighted by Crippen LogP contribution is -2.01. The highest BCUT2D eigenvalue weighted by Crippen LogP contribution is 2.09. The standard InChI is InChI=1S/C8H11NO.2C2H6/c9-6-5-7-1-3-8(10)4-2-7;2*1-2/h1-4,10H,5-6,9H2;2*1-2H3. The average Bonchev–Trinajstić information content (AvgIpc) is 2.28. The molecule has 1 rings (SSSR count). The van der Waals surface area contributed by atoms with Gasteiger partial charge in [0, 0.05) is 0 Å². The number of nitrogens with two attached hydrogens (primary N) is 1. The van der Waals surface area contributed by atoms with Gasteiger partial charge in [-0.05, 0) is 30.7 Å². The Kier molecular flexibility index (Phi) is 13.2. The quantitative estimate of drug-likeness (QED) is 0.765. The Balaban J connectivity index is 0. The minimum absolute atomic E-state index is 0.306. The van der Waals surface area contributed by atoms with Crippen molar-refractivity contribution in [2.45, 2.75) is 34.1 Å². The summed E-state index contributed by atoms with van der Waals surface area (Å²) in [7, 11) is 0. The third-order valence-electron chi connectivity index (χ3n) is 1.37. The lowest BCUT2D eigenvalue weighted by atomic mass is 10.1. The van der Waals surface area contributed by atoms with Gasteiger partial charge in [-0.15, -0.1) is 0 Å². The van der Waals surface area contributed by atoms with Crippen LogP contribution in [0.1, 0.15) is 33.3 Å². The van der Waals surface area contributed by atoms with Gasteiger partial charge in [0.15, 0.2) is 0 Å². The molecular formula is C12H23NO. The van der Waals surface area contributed by atoms with Crippen LogP contribution in [0.3, 0.4) is 0 Å². The van der Waals surface area contributed by atoms with Crippen LogP contribution in [-0.4, -0.2) is 11.7 Å². The lowest BCUT2D eigenvalue weighted by Gasteiger charge is -1.96. The maximum atomic E-state index is 8.89. The molecule has 0 atom stereocenters. The molecule has 0 saturated carbocycles. The van der Waals surface area contributed by atoms with Crippen LogP contribution < -0.4 is 5.73 Å². The fourth-order valence-electron chi connectivity index (χ4n) is 0.829. The summed E-state index contributed by atoms with van der Waals surface area (Å²) in [6.07, 6.45) is 0.875. The van der Waals surface area contributed by atoms with Crippen molar-refractivity contribution in [1.29, 1.82) is 0 Å². The van der Waals surface area contributed by atoms with Gasteiger partial charge in [-0.25, -0.2) is 0 Å². The molecule has 0 saturated heterocycles. The van der Waals surface area contributed by atoms with Gasteiger partial charge in [0.2, 0.25) is 0 Å². The van der Waals surface area contributed by atoms with Gasteiger partial charge in [0.1, 0.15) is 5.75 Å². The first-order valence-electron chi connectivity index (χ1n) is 5.31. The van der Waals surface area contributed by atoms with E-state index >= 15 is 0 Å². The van der Waals surface area contributed by atoms with Crippen LogP contribution in [0, 0.1) is 0 Å². The minimum Gasteiger partial charge on any atom is -0.508 e. The highest BCUT2D eigenvalue weighted by Gasteiger charge is 1.89. The SMILES string of the molecule is CC.CC.NCCc1ccc(O)cc1. The van der Waals surface area contributed by atoms with E-state index in [1.54, 1.807) is 12.1 Å².